The smallest absolute Gasteiger partial charge is 0.347 e. The van der Waals surface area contributed by atoms with Crippen LogP contribution in [-0.2, 0) is 9.53 Å². The van der Waals surface area contributed by atoms with Crippen LogP contribution in [0.5, 0.6) is 5.75 Å². The molecule has 4 heteroatoms. The van der Waals surface area contributed by atoms with Crippen molar-refractivity contribution >= 4 is 17.6 Å². The Bertz CT molecular complexity index is 321. The van der Waals surface area contributed by atoms with Crippen LogP contribution >= 0.6 is 11.6 Å². The zero-order valence-corrected chi connectivity index (χ0v) is 9.45. The molecule has 1 aromatic carbocycles. The second kappa shape index (κ2) is 5.61. The van der Waals surface area contributed by atoms with Gasteiger partial charge in [0.05, 0.1) is 6.61 Å². The van der Waals surface area contributed by atoms with Gasteiger partial charge >= 0.3 is 5.97 Å². The number of hydrogen-bond donors (Lipinski definition) is 0. The number of halogens is 1. The van der Waals surface area contributed by atoms with Crippen molar-refractivity contribution in [3.8, 4) is 5.75 Å². The van der Waals surface area contributed by atoms with Gasteiger partial charge in [0.2, 0.25) is 0 Å². The Hall–Kier alpha value is -1.22. The SMILES string of the molecule is CCOC(=O)[C@@H](C)Oc1ccc(Cl)cc1. The first-order valence-corrected chi connectivity index (χ1v) is 5.10. The average molecular weight is 229 g/mol. The molecule has 1 rings (SSSR count). The summed E-state index contributed by atoms with van der Waals surface area (Å²) in [5.74, 6) is 0.229. The summed E-state index contributed by atoms with van der Waals surface area (Å²) >= 11 is 5.71. The number of benzene rings is 1. The van der Waals surface area contributed by atoms with Crippen LogP contribution in [0.3, 0.4) is 0 Å². The van der Waals surface area contributed by atoms with E-state index in [-0.39, 0.29) is 5.97 Å². The third-order valence-corrected chi connectivity index (χ3v) is 2.00. The van der Waals surface area contributed by atoms with E-state index in [1.54, 1.807) is 38.1 Å². The number of hydrogen-bond acceptors (Lipinski definition) is 3. The summed E-state index contributed by atoms with van der Waals surface area (Å²) < 4.78 is 10.2. The van der Waals surface area contributed by atoms with Crippen molar-refractivity contribution in [1.29, 1.82) is 0 Å². The molecular formula is C11H13ClO3. The van der Waals surface area contributed by atoms with Crippen LogP contribution in [-0.4, -0.2) is 18.7 Å². The van der Waals surface area contributed by atoms with Crippen LogP contribution in [0, 0.1) is 0 Å². The molecule has 0 saturated heterocycles. The second-order valence-electron chi connectivity index (χ2n) is 2.97. The highest BCUT2D eigenvalue weighted by Crippen LogP contribution is 2.16. The van der Waals surface area contributed by atoms with Crippen molar-refractivity contribution in [3.63, 3.8) is 0 Å². The minimum absolute atomic E-state index is 0.354. The lowest BCUT2D eigenvalue weighted by atomic mass is 10.3. The van der Waals surface area contributed by atoms with Crippen molar-refractivity contribution in [3.05, 3.63) is 29.3 Å². The topological polar surface area (TPSA) is 35.5 Å². The van der Waals surface area contributed by atoms with E-state index in [1.165, 1.54) is 0 Å². The summed E-state index contributed by atoms with van der Waals surface area (Å²) in [6.45, 7) is 3.76. The number of rotatable bonds is 4. The molecule has 0 saturated carbocycles. The molecule has 1 atom stereocenters. The van der Waals surface area contributed by atoms with Crippen LogP contribution in [0.25, 0.3) is 0 Å². The third kappa shape index (κ3) is 3.80. The molecule has 0 aliphatic carbocycles. The maximum Gasteiger partial charge on any atom is 0.347 e. The van der Waals surface area contributed by atoms with Crippen LogP contribution in [0.4, 0.5) is 0 Å². The van der Waals surface area contributed by atoms with Crippen molar-refractivity contribution in [2.24, 2.45) is 0 Å². The predicted octanol–water partition coefficient (Wildman–Crippen LogP) is 2.67. The molecule has 0 bridgehead atoms. The molecule has 15 heavy (non-hydrogen) atoms. The maximum absolute atomic E-state index is 11.2. The first-order valence-electron chi connectivity index (χ1n) is 4.72. The van der Waals surface area contributed by atoms with Crippen LogP contribution in [0.15, 0.2) is 24.3 Å². The van der Waals surface area contributed by atoms with Crippen LogP contribution in [0.1, 0.15) is 13.8 Å². The Kier molecular flexibility index (Phi) is 4.43. The van der Waals surface area contributed by atoms with E-state index >= 15 is 0 Å². The van der Waals surface area contributed by atoms with E-state index in [1.807, 2.05) is 0 Å². The fraction of sp³-hybridized carbons (Fsp3) is 0.364. The molecule has 0 N–H and O–H groups in total. The molecule has 3 nitrogen and oxygen atoms in total. The van der Waals surface area contributed by atoms with E-state index in [0.717, 1.165) is 0 Å². The standard InChI is InChI=1S/C11H13ClO3/c1-3-14-11(13)8(2)15-10-6-4-9(12)5-7-10/h4-8H,3H2,1-2H3/t8-/m1/s1. The van der Waals surface area contributed by atoms with Gasteiger partial charge in [-0.2, -0.15) is 0 Å². The lowest BCUT2D eigenvalue weighted by Gasteiger charge is -2.12. The quantitative estimate of drug-likeness (QED) is 0.744. The van der Waals surface area contributed by atoms with E-state index < -0.39 is 6.10 Å². The van der Waals surface area contributed by atoms with Gasteiger partial charge in [0.25, 0.3) is 0 Å². The zero-order chi connectivity index (χ0) is 11.3. The fourth-order valence-electron chi connectivity index (χ4n) is 1.03. The van der Waals surface area contributed by atoms with E-state index in [4.69, 9.17) is 21.1 Å². The molecule has 0 radical (unpaired) electrons. The van der Waals surface area contributed by atoms with Crippen molar-refractivity contribution in [1.82, 2.24) is 0 Å². The summed E-state index contributed by atoms with van der Waals surface area (Å²) in [6, 6.07) is 6.82. The Labute approximate surface area is 93.9 Å². The van der Waals surface area contributed by atoms with Gasteiger partial charge < -0.3 is 9.47 Å². The number of carbonyl (C=O) groups is 1. The predicted molar refractivity (Wildman–Crippen MR) is 58.2 cm³/mol. The van der Waals surface area contributed by atoms with Crippen molar-refractivity contribution in [2.75, 3.05) is 6.61 Å². The monoisotopic (exact) mass is 228 g/mol. The zero-order valence-electron chi connectivity index (χ0n) is 8.70. The van der Waals surface area contributed by atoms with Gasteiger partial charge in [-0.25, -0.2) is 4.79 Å². The van der Waals surface area contributed by atoms with Gasteiger partial charge in [-0.15, -0.1) is 0 Å². The summed E-state index contributed by atoms with van der Waals surface area (Å²) in [7, 11) is 0. The van der Waals surface area contributed by atoms with Gasteiger partial charge in [-0.3, -0.25) is 0 Å². The molecule has 1 aromatic rings. The largest absolute Gasteiger partial charge is 0.479 e. The van der Waals surface area contributed by atoms with Gasteiger partial charge in [0.1, 0.15) is 5.75 Å². The van der Waals surface area contributed by atoms with Gasteiger partial charge in [0, 0.05) is 5.02 Å². The summed E-state index contributed by atoms with van der Waals surface area (Å²) in [6.07, 6.45) is -0.605. The average Bonchev–Trinajstić information content (AvgIpc) is 2.22. The molecule has 0 fully saturated rings. The molecule has 0 amide bonds. The first-order chi connectivity index (χ1) is 7.13. The molecule has 0 aliphatic rings. The summed E-state index contributed by atoms with van der Waals surface area (Å²) in [5.41, 5.74) is 0. The maximum atomic E-state index is 11.2. The van der Waals surface area contributed by atoms with E-state index in [0.29, 0.717) is 17.4 Å². The van der Waals surface area contributed by atoms with Gasteiger partial charge in [-0.1, -0.05) is 11.6 Å². The molecular weight excluding hydrogens is 216 g/mol. The lowest BCUT2D eigenvalue weighted by molar-refractivity contribution is -0.150. The first kappa shape index (κ1) is 11.9. The van der Waals surface area contributed by atoms with Crippen LogP contribution < -0.4 is 4.74 Å². The Morgan fingerprint density at radius 3 is 2.53 bits per heavy atom. The lowest BCUT2D eigenvalue weighted by Crippen LogP contribution is -2.25. The highest BCUT2D eigenvalue weighted by Gasteiger charge is 2.15. The molecule has 0 aromatic heterocycles. The molecule has 0 unspecified atom stereocenters. The molecule has 0 spiro atoms. The van der Waals surface area contributed by atoms with Gasteiger partial charge in [0.15, 0.2) is 6.10 Å². The molecule has 0 aliphatic heterocycles. The second-order valence-corrected chi connectivity index (χ2v) is 3.40. The summed E-state index contributed by atoms with van der Waals surface area (Å²) in [4.78, 5) is 11.2. The summed E-state index contributed by atoms with van der Waals surface area (Å²) in [5, 5.41) is 0.631. The highest BCUT2D eigenvalue weighted by atomic mass is 35.5. The highest BCUT2D eigenvalue weighted by molar-refractivity contribution is 6.30. The Morgan fingerprint density at radius 2 is 2.00 bits per heavy atom. The molecule has 82 valence electrons. The Balaban J connectivity index is 2.54. The minimum atomic E-state index is -0.605. The third-order valence-electron chi connectivity index (χ3n) is 1.75. The van der Waals surface area contributed by atoms with Crippen LogP contribution in [0.2, 0.25) is 5.02 Å². The van der Waals surface area contributed by atoms with E-state index in [9.17, 15) is 4.79 Å². The van der Waals surface area contributed by atoms with Crippen molar-refractivity contribution in [2.45, 2.75) is 20.0 Å². The Morgan fingerprint density at radius 1 is 1.40 bits per heavy atom. The fourth-order valence-corrected chi connectivity index (χ4v) is 1.15. The number of ether oxygens (including phenoxy) is 2. The number of carbonyl (C=O) groups excluding carboxylic acids is 1. The molecule has 0 heterocycles. The van der Waals surface area contributed by atoms with Crippen molar-refractivity contribution < 1.29 is 14.3 Å². The van der Waals surface area contributed by atoms with Gasteiger partial charge in [-0.05, 0) is 38.1 Å². The minimum Gasteiger partial charge on any atom is -0.479 e. The number of esters is 1. The normalized spacial score (nSPS) is 11.9. The van der Waals surface area contributed by atoms with E-state index in [2.05, 4.69) is 0 Å².